The van der Waals surface area contributed by atoms with Crippen molar-refractivity contribution in [3.63, 3.8) is 0 Å². The fourth-order valence-corrected chi connectivity index (χ4v) is 6.08. The molecule has 0 spiro atoms. The summed E-state index contributed by atoms with van der Waals surface area (Å²) in [5, 5.41) is 5.49. The highest BCUT2D eigenvalue weighted by molar-refractivity contribution is 7.09. The number of aromatic amines is 2. The van der Waals surface area contributed by atoms with E-state index in [1.165, 1.54) is 9.78 Å². The van der Waals surface area contributed by atoms with E-state index in [1.54, 1.807) is 29.7 Å². The zero-order valence-corrected chi connectivity index (χ0v) is 21.4. The second kappa shape index (κ2) is 9.60. The number of aromatic nitrogens is 3. The summed E-state index contributed by atoms with van der Waals surface area (Å²) in [6.07, 6.45) is 4.76. The summed E-state index contributed by atoms with van der Waals surface area (Å²) in [7, 11) is 0. The number of imide groups is 1. The summed E-state index contributed by atoms with van der Waals surface area (Å²) in [5.41, 5.74) is 2.66. The van der Waals surface area contributed by atoms with Crippen LogP contribution in [-0.2, 0) is 6.42 Å². The quantitative estimate of drug-likeness (QED) is 0.308. The van der Waals surface area contributed by atoms with Crippen LogP contribution in [-0.4, -0.2) is 68.8 Å². The molecule has 3 N–H and O–H groups in total. The van der Waals surface area contributed by atoms with Gasteiger partial charge in [-0.05, 0) is 62.5 Å². The number of nitrogens with zero attached hydrogens (tertiary/aromatic N) is 3. The number of hydrogen-bond donors (Lipinski definition) is 3. The van der Waals surface area contributed by atoms with Crippen LogP contribution in [0.2, 0.25) is 0 Å². The number of H-pyrrole nitrogens is 2. The van der Waals surface area contributed by atoms with E-state index in [9.17, 15) is 14.4 Å². The SMILES string of the molecule is C[C@@H](Cc1cccs1)Nc1cc[nH]c(=O)c1-c1nc2cc3c(cc2[nH]1)C(=O)N(CCN1CCCC1)C3=O. The molecule has 37 heavy (non-hydrogen) atoms. The standard InChI is InChI=1S/C27H28N6O3S/c1-16(13-17-5-4-12-37-17)29-20-6-7-28-25(34)23(20)24-30-21-14-18-19(15-22(21)31-24)27(36)33(26(18)35)11-10-32-8-2-3-9-32/h4-7,12,14-16H,2-3,8-11,13H2,1H3,(H,30,31)(H2,28,29,34)/t16-/m0/s1. The van der Waals surface area contributed by atoms with Crippen LogP contribution in [0, 0.1) is 0 Å². The van der Waals surface area contributed by atoms with Gasteiger partial charge in [0.25, 0.3) is 17.4 Å². The zero-order chi connectivity index (χ0) is 25.5. The molecule has 10 heteroatoms. The Bertz CT molecular complexity index is 1480. The van der Waals surface area contributed by atoms with Crippen molar-refractivity contribution >= 4 is 39.9 Å². The number of likely N-dealkylation sites (tertiary alicyclic amines) is 1. The number of benzene rings is 1. The maximum atomic E-state index is 13.1. The smallest absolute Gasteiger partial charge is 0.261 e. The molecule has 190 valence electrons. The number of carbonyl (C=O) groups excluding carboxylic acids is 2. The molecule has 1 atom stereocenters. The average Bonchev–Trinajstić information content (AvgIpc) is 3.67. The van der Waals surface area contributed by atoms with Crippen LogP contribution in [0.15, 0.2) is 46.7 Å². The number of hydrogen-bond acceptors (Lipinski definition) is 7. The number of imidazole rings is 1. The number of pyridine rings is 1. The highest BCUT2D eigenvalue weighted by Gasteiger charge is 2.36. The molecule has 9 nitrogen and oxygen atoms in total. The summed E-state index contributed by atoms with van der Waals surface area (Å²) in [4.78, 5) is 54.5. The molecule has 5 heterocycles. The normalized spacial score (nSPS) is 16.6. The van der Waals surface area contributed by atoms with E-state index in [4.69, 9.17) is 0 Å². The maximum absolute atomic E-state index is 13.1. The minimum Gasteiger partial charge on any atom is -0.381 e. The van der Waals surface area contributed by atoms with E-state index in [0.717, 1.165) is 32.4 Å². The monoisotopic (exact) mass is 516 g/mol. The molecule has 1 saturated heterocycles. The van der Waals surface area contributed by atoms with Gasteiger partial charge in [0.15, 0.2) is 0 Å². The predicted octanol–water partition coefficient (Wildman–Crippen LogP) is 3.71. The second-order valence-corrected chi connectivity index (χ2v) is 10.8. The van der Waals surface area contributed by atoms with Gasteiger partial charge in [0.1, 0.15) is 11.4 Å². The third kappa shape index (κ3) is 4.47. The van der Waals surface area contributed by atoms with Gasteiger partial charge in [-0.25, -0.2) is 4.98 Å². The van der Waals surface area contributed by atoms with Gasteiger partial charge in [0.05, 0.1) is 27.8 Å². The van der Waals surface area contributed by atoms with Crippen LogP contribution in [0.1, 0.15) is 45.4 Å². The van der Waals surface area contributed by atoms with Gasteiger partial charge in [0.2, 0.25) is 0 Å². The van der Waals surface area contributed by atoms with Crippen molar-refractivity contribution in [1.29, 1.82) is 0 Å². The van der Waals surface area contributed by atoms with Crippen molar-refractivity contribution in [2.24, 2.45) is 0 Å². The Morgan fingerprint density at radius 1 is 1.08 bits per heavy atom. The van der Waals surface area contributed by atoms with Gasteiger partial charge in [-0.15, -0.1) is 11.3 Å². The first kappa shape index (κ1) is 23.6. The molecule has 2 aliphatic rings. The molecular formula is C27H28N6O3S. The Labute approximate surface area is 217 Å². The molecule has 0 aliphatic carbocycles. The van der Waals surface area contributed by atoms with E-state index in [-0.39, 0.29) is 23.4 Å². The van der Waals surface area contributed by atoms with Crippen molar-refractivity contribution in [3.05, 3.63) is 68.3 Å². The Kier molecular flexibility index (Phi) is 6.13. The van der Waals surface area contributed by atoms with Crippen LogP contribution >= 0.6 is 11.3 Å². The summed E-state index contributed by atoms with van der Waals surface area (Å²) in [5.74, 6) is -0.176. The lowest BCUT2D eigenvalue weighted by Gasteiger charge is -2.19. The van der Waals surface area contributed by atoms with E-state index in [1.807, 2.05) is 12.1 Å². The largest absolute Gasteiger partial charge is 0.381 e. The third-order valence-electron chi connectivity index (χ3n) is 7.10. The Morgan fingerprint density at radius 2 is 1.86 bits per heavy atom. The number of carbonyl (C=O) groups is 2. The van der Waals surface area contributed by atoms with E-state index in [2.05, 4.69) is 43.5 Å². The van der Waals surface area contributed by atoms with Crippen LogP contribution in [0.4, 0.5) is 5.69 Å². The highest BCUT2D eigenvalue weighted by Crippen LogP contribution is 2.30. The van der Waals surface area contributed by atoms with Gasteiger partial charge in [0, 0.05) is 36.6 Å². The van der Waals surface area contributed by atoms with Crippen LogP contribution in [0.5, 0.6) is 0 Å². The van der Waals surface area contributed by atoms with E-state index < -0.39 is 0 Å². The number of thiophene rings is 1. The minimum absolute atomic E-state index is 0.0918. The lowest BCUT2D eigenvalue weighted by atomic mass is 10.1. The van der Waals surface area contributed by atoms with E-state index in [0.29, 0.717) is 52.3 Å². The summed E-state index contributed by atoms with van der Waals surface area (Å²) >= 11 is 1.70. The second-order valence-electron chi connectivity index (χ2n) is 9.74. The molecule has 2 amide bonds. The first-order valence-corrected chi connectivity index (χ1v) is 13.5. The molecule has 0 radical (unpaired) electrons. The Hall–Kier alpha value is -3.76. The van der Waals surface area contributed by atoms with Gasteiger partial charge >= 0.3 is 0 Å². The molecule has 3 aromatic heterocycles. The van der Waals surface area contributed by atoms with Crippen molar-refractivity contribution in [3.8, 4) is 11.4 Å². The van der Waals surface area contributed by atoms with Crippen LogP contribution < -0.4 is 10.9 Å². The van der Waals surface area contributed by atoms with Gasteiger partial charge in [-0.1, -0.05) is 6.07 Å². The first-order chi connectivity index (χ1) is 18.0. The van der Waals surface area contributed by atoms with Gasteiger partial charge in [-0.2, -0.15) is 0 Å². The number of anilines is 1. The van der Waals surface area contributed by atoms with Crippen LogP contribution in [0.3, 0.4) is 0 Å². The van der Waals surface area contributed by atoms with Crippen molar-refractivity contribution < 1.29 is 9.59 Å². The maximum Gasteiger partial charge on any atom is 0.261 e. The van der Waals surface area contributed by atoms with Gasteiger partial charge in [-0.3, -0.25) is 19.3 Å². The van der Waals surface area contributed by atoms with Crippen molar-refractivity contribution in [2.45, 2.75) is 32.2 Å². The zero-order valence-electron chi connectivity index (χ0n) is 20.5. The Morgan fingerprint density at radius 3 is 2.62 bits per heavy atom. The third-order valence-corrected chi connectivity index (χ3v) is 8.00. The molecule has 1 aromatic carbocycles. The highest BCUT2D eigenvalue weighted by atomic mass is 32.1. The molecule has 0 bridgehead atoms. The van der Waals surface area contributed by atoms with Gasteiger partial charge < -0.3 is 20.2 Å². The number of fused-ring (bicyclic) bond motifs is 2. The summed E-state index contributed by atoms with van der Waals surface area (Å²) in [6, 6.07) is 9.37. The van der Waals surface area contributed by atoms with E-state index >= 15 is 0 Å². The average molecular weight is 517 g/mol. The number of nitrogens with one attached hydrogen (secondary N) is 3. The number of rotatable bonds is 8. The van der Waals surface area contributed by atoms with Crippen LogP contribution in [0.25, 0.3) is 22.4 Å². The topological polar surface area (TPSA) is 114 Å². The molecule has 2 aliphatic heterocycles. The number of amides is 2. The molecule has 0 saturated carbocycles. The Balaban J connectivity index is 1.28. The molecular weight excluding hydrogens is 488 g/mol. The fraction of sp³-hybridized carbons (Fsp3) is 0.333. The van der Waals surface area contributed by atoms with Crippen molar-refractivity contribution in [2.75, 3.05) is 31.5 Å². The molecule has 0 unspecified atom stereocenters. The lowest BCUT2D eigenvalue weighted by molar-refractivity contribution is 0.0640. The van der Waals surface area contributed by atoms with Crippen molar-refractivity contribution in [1.82, 2.24) is 24.8 Å². The minimum atomic E-state index is -0.284. The molecule has 1 fully saturated rings. The predicted molar refractivity (Wildman–Crippen MR) is 144 cm³/mol. The summed E-state index contributed by atoms with van der Waals surface area (Å²) in [6.45, 7) is 5.18. The molecule has 6 rings (SSSR count). The molecule has 4 aromatic rings. The fourth-order valence-electron chi connectivity index (χ4n) is 5.24. The summed E-state index contributed by atoms with van der Waals surface area (Å²) < 4.78 is 0. The first-order valence-electron chi connectivity index (χ1n) is 12.6. The lowest BCUT2D eigenvalue weighted by Crippen LogP contribution is -2.37.